The van der Waals surface area contributed by atoms with Crippen LogP contribution in [0.2, 0.25) is 5.02 Å². The Bertz CT molecular complexity index is 424. The van der Waals surface area contributed by atoms with Crippen LogP contribution in [0.1, 0.15) is 29.8 Å². The molecule has 0 amide bonds. The van der Waals surface area contributed by atoms with E-state index >= 15 is 0 Å². The van der Waals surface area contributed by atoms with Gasteiger partial charge in [-0.25, -0.2) is 4.79 Å². The predicted octanol–water partition coefficient (Wildman–Crippen LogP) is 2.60. The van der Waals surface area contributed by atoms with Crippen molar-refractivity contribution in [3.05, 3.63) is 34.3 Å². The lowest BCUT2D eigenvalue weighted by atomic mass is 9.86. The molecule has 4 heteroatoms. The van der Waals surface area contributed by atoms with E-state index in [-0.39, 0.29) is 0 Å². The molecule has 86 valence electrons. The van der Waals surface area contributed by atoms with Gasteiger partial charge in [0.1, 0.15) is 6.29 Å². The maximum absolute atomic E-state index is 11.3. The molecule has 1 rings (SSSR count). The summed E-state index contributed by atoms with van der Waals surface area (Å²) in [7, 11) is 1.29. The zero-order valence-corrected chi connectivity index (χ0v) is 10.2. The molecule has 0 aliphatic heterocycles. The van der Waals surface area contributed by atoms with Gasteiger partial charge in [0.25, 0.3) is 0 Å². The van der Waals surface area contributed by atoms with Gasteiger partial charge >= 0.3 is 5.97 Å². The van der Waals surface area contributed by atoms with Crippen LogP contribution in [0.4, 0.5) is 0 Å². The lowest BCUT2D eigenvalue weighted by molar-refractivity contribution is -0.111. The lowest BCUT2D eigenvalue weighted by Gasteiger charge is -2.18. The molecule has 0 atom stereocenters. The molecule has 0 spiro atoms. The highest BCUT2D eigenvalue weighted by molar-refractivity contribution is 6.33. The third-order valence-electron chi connectivity index (χ3n) is 2.41. The van der Waals surface area contributed by atoms with Crippen LogP contribution in [0.5, 0.6) is 0 Å². The van der Waals surface area contributed by atoms with Gasteiger partial charge in [0.2, 0.25) is 0 Å². The minimum Gasteiger partial charge on any atom is -0.465 e. The van der Waals surface area contributed by atoms with Crippen LogP contribution in [0, 0.1) is 0 Å². The summed E-state index contributed by atoms with van der Waals surface area (Å²) in [5.41, 5.74) is 0.452. The maximum atomic E-state index is 11.3. The second-order valence-corrected chi connectivity index (χ2v) is 4.43. The Morgan fingerprint density at radius 2 is 2.06 bits per heavy atom. The molecule has 0 aliphatic rings. The summed E-state index contributed by atoms with van der Waals surface area (Å²) in [6.45, 7) is 3.56. The summed E-state index contributed by atoms with van der Waals surface area (Å²) in [5.74, 6) is -0.486. The zero-order chi connectivity index (χ0) is 12.3. The van der Waals surface area contributed by atoms with E-state index in [0.29, 0.717) is 10.6 Å². The summed E-state index contributed by atoms with van der Waals surface area (Å²) >= 11 is 5.95. The molecule has 0 bridgehead atoms. The number of hydrogen-bond acceptors (Lipinski definition) is 3. The second-order valence-electron chi connectivity index (χ2n) is 4.03. The number of esters is 1. The van der Waals surface area contributed by atoms with Crippen LogP contribution in [0.3, 0.4) is 0 Å². The third kappa shape index (κ3) is 2.42. The molecule has 0 fully saturated rings. The van der Waals surface area contributed by atoms with Gasteiger partial charge in [-0.05, 0) is 31.5 Å². The molecule has 0 saturated heterocycles. The van der Waals surface area contributed by atoms with Crippen LogP contribution >= 0.6 is 11.6 Å². The average Bonchev–Trinajstić information content (AvgIpc) is 2.28. The molecule has 0 heterocycles. The monoisotopic (exact) mass is 240 g/mol. The van der Waals surface area contributed by atoms with Crippen molar-refractivity contribution in [2.24, 2.45) is 0 Å². The molecule has 0 aliphatic carbocycles. The quantitative estimate of drug-likeness (QED) is 0.603. The SMILES string of the molecule is COC(=O)c1ccc(C(C)(C)C=O)cc1Cl. The topological polar surface area (TPSA) is 43.4 Å². The molecule has 0 unspecified atom stereocenters. The Kier molecular flexibility index (Phi) is 3.70. The van der Waals surface area contributed by atoms with Crippen molar-refractivity contribution < 1.29 is 14.3 Å². The molecular weight excluding hydrogens is 228 g/mol. The fourth-order valence-corrected chi connectivity index (χ4v) is 1.52. The van der Waals surface area contributed by atoms with E-state index < -0.39 is 11.4 Å². The van der Waals surface area contributed by atoms with Crippen molar-refractivity contribution in [2.45, 2.75) is 19.3 Å². The van der Waals surface area contributed by atoms with Gasteiger partial charge in [0.05, 0.1) is 17.7 Å². The molecule has 3 nitrogen and oxygen atoms in total. The number of carbonyl (C=O) groups is 2. The first-order valence-electron chi connectivity index (χ1n) is 4.77. The van der Waals surface area contributed by atoms with Crippen molar-refractivity contribution in [1.82, 2.24) is 0 Å². The van der Waals surface area contributed by atoms with Gasteiger partial charge in [0, 0.05) is 5.41 Å². The Labute approximate surface area is 99.4 Å². The minimum absolute atomic E-state index is 0.291. The summed E-state index contributed by atoms with van der Waals surface area (Å²) in [6.07, 6.45) is 0.844. The first kappa shape index (κ1) is 12.7. The first-order chi connectivity index (χ1) is 7.42. The number of halogens is 1. The Morgan fingerprint density at radius 1 is 1.44 bits per heavy atom. The van der Waals surface area contributed by atoms with Crippen molar-refractivity contribution in [3.8, 4) is 0 Å². The van der Waals surface area contributed by atoms with Crippen LogP contribution < -0.4 is 0 Å². The lowest BCUT2D eigenvalue weighted by Crippen LogP contribution is -2.19. The first-order valence-corrected chi connectivity index (χ1v) is 5.15. The zero-order valence-electron chi connectivity index (χ0n) is 9.41. The molecular formula is C12H13ClO3. The number of benzene rings is 1. The number of methoxy groups -OCH3 is 1. The van der Waals surface area contributed by atoms with Crippen LogP contribution in [0.25, 0.3) is 0 Å². The molecule has 1 aromatic rings. The Hall–Kier alpha value is -1.35. The summed E-state index contributed by atoms with van der Waals surface area (Å²) in [5, 5.41) is 0.291. The summed E-state index contributed by atoms with van der Waals surface area (Å²) in [6, 6.07) is 4.88. The Morgan fingerprint density at radius 3 is 2.50 bits per heavy atom. The summed E-state index contributed by atoms with van der Waals surface area (Å²) in [4.78, 5) is 22.2. The fourth-order valence-electron chi connectivity index (χ4n) is 1.26. The third-order valence-corrected chi connectivity index (χ3v) is 2.73. The van der Waals surface area contributed by atoms with Gasteiger partial charge in [-0.3, -0.25) is 0 Å². The Balaban J connectivity index is 3.19. The fraction of sp³-hybridized carbons (Fsp3) is 0.333. The van der Waals surface area contributed by atoms with Crippen LogP contribution in [-0.4, -0.2) is 19.4 Å². The molecule has 1 aromatic carbocycles. The van der Waals surface area contributed by atoms with Crippen LogP contribution in [-0.2, 0) is 14.9 Å². The number of carbonyl (C=O) groups excluding carboxylic acids is 2. The number of ether oxygens (including phenoxy) is 1. The highest BCUT2D eigenvalue weighted by Gasteiger charge is 2.21. The van der Waals surface area contributed by atoms with Crippen LogP contribution in [0.15, 0.2) is 18.2 Å². The predicted molar refractivity (Wildman–Crippen MR) is 61.9 cm³/mol. The smallest absolute Gasteiger partial charge is 0.339 e. The normalized spacial score (nSPS) is 11.0. The van der Waals surface area contributed by atoms with Crippen molar-refractivity contribution in [3.63, 3.8) is 0 Å². The average molecular weight is 241 g/mol. The summed E-state index contributed by atoms with van der Waals surface area (Å²) < 4.78 is 4.58. The standard InChI is InChI=1S/C12H13ClO3/c1-12(2,7-14)8-4-5-9(10(13)6-8)11(15)16-3/h4-7H,1-3H3. The van der Waals surface area contributed by atoms with E-state index in [9.17, 15) is 9.59 Å². The van der Waals surface area contributed by atoms with Crippen molar-refractivity contribution in [1.29, 1.82) is 0 Å². The molecule has 0 radical (unpaired) electrons. The highest BCUT2D eigenvalue weighted by atomic mass is 35.5. The molecule has 0 N–H and O–H groups in total. The van der Waals surface area contributed by atoms with Gasteiger partial charge in [-0.15, -0.1) is 0 Å². The second kappa shape index (κ2) is 4.66. The largest absolute Gasteiger partial charge is 0.465 e. The minimum atomic E-state index is -0.613. The van der Waals surface area contributed by atoms with Gasteiger partial charge in [-0.2, -0.15) is 0 Å². The van der Waals surface area contributed by atoms with Gasteiger partial charge < -0.3 is 9.53 Å². The maximum Gasteiger partial charge on any atom is 0.339 e. The van der Waals surface area contributed by atoms with Crippen molar-refractivity contribution >= 4 is 23.9 Å². The highest BCUT2D eigenvalue weighted by Crippen LogP contribution is 2.26. The van der Waals surface area contributed by atoms with E-state index in [1.54, 1.807) is 32.0 Å². The van der Waals surface area contributed by atoms with E-state index in [0.717, 1.165) is 11.8 Å². The van der Waals surface area contributed by atoms with Crippen molar-refractivity contribution in [2.75, 3.05) is 7.11 Å². The van der Waals surface area contributed by atoms with Gasteiger partial charge in [-0.1, -0.05) is 17.7 Å². The van der Waals surface area contributed by atoms with E-state index in [4.69, 9.17) is 11.6 Å². The van der Waals surface area contributed by atoms with Gasteiger partial charge in [0.15, 0.2) is 0 Å². The molecule has 16 heavy (non-hydrogen) atoms. The number of hydrogen-bond donors (Lipinski definition) is 0. The number of rotatable bonds is 3. The molecule has 0 aromatic heterocycles. The van der Waals surface area contributed by atoms with E-state index in [1.165, 1.54) is 7.11 Å². The van der Waals surface area contributed by atoms with E-state index in [2.05, 4.69) is 4.74 Å². The molecule has 0 saturated carbocycles. The van der Waals surface area contributed by atoms with E-state index in [1.807, 2.05) is 0 Å². The number of aldehydes is 1.